The molecule has 22 heavy (non-hydrogen) atoms. The average molecular weight is 330 g/mol. The Morgan fingerprint density at radius 3 is 1.55 bits per heavy atom. The molecule has 0 amide bonds. The van der Waals surface area contributed by atoms with Crippen molar-refractivity contribution in [2.24, 2.45) is 0 Å². The van der Waals surface area contributed by atoms with E-state index in [1.54, 1.807) is 10.4 Å². The van der Waals surface area contributed by atoms with E-state index in [4.69, 9.17) is 11.6 Å². The quantitative estimate of drug-likeness (QED) is 0.331. The molecule has 2 heteroatoms. The first kappa shape index (κ1) is 17.3. The molecule has 2 rings (SSSR count). The van der Waals surface area contributed by atoms with Crippen LogP contribution in [0.2, 0.25) is 6.04 Å². The summed E-state index contributed by atoms with van der Waals surface area (Å²) >= 11 is 5.72. The van der Waals surface area contributed by atoms with E-state index in [9.17, 15) is 0 Å². The second kappa shape index (κ2) is 10.6. The van der Waals surface area contributed by atoms with Gasteiger partial charge >= 0.3 is 0 Å². The Hall–Kier alpha value is -1.05. The van der Waals surface area contributed by atoms with Gasteiger partial charge in [0.2, 0.25) is 0 Å². The molecule has 0 unspecified atom stereocenters. The number of hydrogen-bond acceptors (Lipinski definition) is 0. The molecule has 1 radical (unpaired) electrons. The minimum absolute atomic E-state index is 0.618. The molecular formula is C20H26ClSi. The Labute approximate surface area is 142 Å². The molecule has 0 aliphatic rings. The predicted molar refractivity (Wildman–Crippen MR) is 101 cm³/mol. The van der Waals surface area contributed by atoms with Gasteiger partial charge < -0.3 is 0 Å². The van der Waals surface area contributed by atoms with Gasteiger partial charge in [-0.05, 0) is 6.42 Å². The van der Waals surface area contributed by atoms with Crippen molar-refractivity contribution < 1.29 is 0 Å². The zero-order chi connectivity index (χ0) is 15.5. The van der Waals surface area contributed by atoms with Crippen molar-refractivity contribution in [1.82, 2.24) is 0 Å². The second-order valence-corrected chi connectivity index (χ2v) is 8.76. The Bertz CT molecular complexity index is 458. The van der Waals surface area contributed by atoms with Crippen LogP contribution in [-0.4, -0.2) is 14.7 Å². The van der Waals surface area contributed by atoms with E-state index in [1.165, 1.54) is 44.6 Å². The van der Waals surface area contributed by atoms with Gasteiger partial charge in [0.05, 0.1) is 0 Å². The molecular weight excluding hydrogens is 304 g/mol. The Morgan fingerprint density at radius 1 is 0.591 bits per heavy atom. The molecule has 0 aromatic heterocycles. The van der Waals surface area contributed by atoms with E-state index in [2.05, 4.69) is 60.7 Å². The summed E-state index contributed by atoms with van der Waals surface area (Å²) < 4.78 is 0. The van der Waals surface area contributed by atoms with Gasteiger partial charge in [0.1, 0.15) is 8.80 Å². The number of rotatable bonds is 10. The van der Waals surface area contributed by atoms with Crippen molar-refractivity contribution in [3.05, 3.63) is 60.7 Å². The summed E-state index contributed by atoms with van der Waals surface area (Å²) in [6, 6.07) is 23.5. The van der Waals surface area contributed by atoms with Gasteiger partial charge in [0.25, 0.3) is 0 Å². The third-order valence-electron chi connectivity index (χ3n) is 4.05. The third-order valence-corrected chi connectivity index (χ3v) is 7.24. The highest BCUT2D eigenvalue weighted by molar-refractivity contribution is 6.85. The van der Waals surface area contributed by atoms with Gasteiger partial charge in [-0.3, -0.25) is 0 Å². The summed E-state index contributed by atoms with van der Waals surface area (Å²) in [5.41, 5.74) is 0. The van der Waals surface area contributed by atoms with Gasteiger partial charge in [-0.25, -0.2) is 0 Å². The molecule has 0 aliphatic carbocycles. The monoisotopic (exact) mass is 329 g/mol. The van der Waals surface area contributed by atoms with E-state index < -0.39 is 8.80 Å². The minimum atomic E-state index is -0.618. The third kappa shape index (κ3) is 5.98. The number of unbranched alkanes of at least 4 members (excludes halogenated alkanes) is 5. The Balaban J connectivity index is 1.87. The fourth-order valence-electron chi connectivity index (χ4n) is 2.84. The summed E-state index contributed by atoms with van der Waals surface area (Å²) in [6.45, 7) is 0. The maximum Gasteiger partial charge on any atom is 0.121 e. The highest BCUT2D eigenvalue weighted by atomic mass is 35.5. The number of hydrogen-bond donors (Lipinski definition) is 0. The summed E-state index contributed by atoms with van der Waals surface area (Å²) in [6.07, 6.45) is 7.86. The standard InChI is InChI=1S/C20H26ClSi/c21-17-11-3-1-2-4-12-18-22(19-13-7-5-8-14-19)20-15-9-6-10-16-20/h5-10,13-16H,1-4,11-12,17-18H2. The van der Waals surface area contributed by atoms with E-state index in [0.29, 0.717) is 0 Å². The molecule has 0 bridgehead atoms. The molecule has 0 fully saturated rings. The zero-order valence-corrected chi connectivity index (χ0v) is 15.1. The van der Waals surface area contributed by atoms with Crippen LogP contribution >= 0.6 is 11.6 Å². The first-order valence-electron chi connectivity index (χ1n) is 8.44. The van der Waals surface area contributed by atoms with Gasteiger partial charge in [-0.1, -0.05) is 109 Å². The van der Waals surface area contributed by atoms with Crippen LogP contribution in [0.25, 0.3) is 0 Å². The lowest BCUT2D eigenvalue weighted by molar-refractivity contribution is 0.625. The molecule has 0 heterocycles. The van der Waals surface area contributed by atoms with Crippen molar-refractivity contribution in [2.75, 3.05) is 5.88 Å². The number of benzene rings is 2. The van der Waals surface area contributed by atoms with Gasteiger partial charge in [0.15, 0.2) is 0 Å². The van der Waals surface area contributed by atoms with E-state index in [-0.39, 0.29) is 0 Å². The van der Waals surface area contributed by atoms with Crippen LogP contribution in [0.5, 0.6) is 0 Å². The molecule has 0 atom stereocenters. The summed E-state index contributed by atoms with van der Waals surface area (Å²) in [5, 5.41) is 3.08. The highest BCUT2D eigenvalue weighted by Crippen LogP contribution is 2.10. The maximum atomic E-state index is 5.72. The number of alkyl halides is 1. The molecule has 0 saturated heterocycles. The van der Waals surface area contributed by atoms with Crippen LogP contribution in [0.1, 0.15) is 38.5 Å². The number of halogens is 1. The fourth-order valence-corrected chi connectivity index (χ4v) is 5.73. The van der Waals surface area contributed by atoms with Crippen molar-refractivity contribution in [3.8, 4) is 0 Å². The van der Waals surface area contributed by atoms with Crippen LogP contribution < -0.4 is 10.4 Å². The summed E-state index contributed by atoms with van der Waals surface area (Å²) in [7, 11) is -0.618. The molecule has 0 N–H and O–H groups in total. The van der Waals surface area contributed by atoms with Gasteiger partial charge in [0, 0.05) is 5.88 Å². The maximum absolute atomic E-state index is 5.72. The second-order valence-electron chi connectivity index (χ2n) is 5.77. The van der Waals surface area contributed by atoms with Crippen molar-refractivity contribution >= 4 is 30.8 Å². The Morgan fingerprint density at radius 2 is 1.05 bits per heavy atom. The van der Waals surface area contributed by atoms with E-state index in [1.807, 2.05) is 0 Å². The summed E-state index contributed by atoms with van der Waals surface area (Å²) in [4.78, 5) is 0. The first-order chi connectivity index (χ1) is 10.9. The Kier molecular flexibility index (Phi) is 8.37. The average Bonchev–Trinajstić information content (AvgIpc) is 2.59. The smallest absolute Gasteiger partial charge is 0.121 e. The molecule has 0 aliphatic heterocycles. The minimum Gasteiger partial charge on any atom is -0.127 e. The topological polar surface area (TPSA) is 0 Å². The normalized spacial score (nSPS) is 11.0. The van der Waals surface area contributed by atoms with Crippen LogP contribution in [0, 0.1) is 0 Å². The lowest BCUT2D eigenvalue weighted by Gasteiger charge is -2.16. The fraction of sp³-hybridized carbons (Fsp3) is 0.400. The van der Waals surface area contributed by atoms with Crippen LogP contribution in [0.3, 0.4) is 0 Å². The molecule has 2 aromatic rings. The van der Waals surface area contributed by atoms with Crippen molar-refractivity contribution in [3.63, 3.8) is 0 Å². The first-order valence-corrected chi connectivity index (χ1v) is 10.7. The van der Waals surface area contributed by atoms with Gasteiger partial charge in [-0.2, -0.15) is 0 Å². The molecule has 0 nitrogen and oxygen atoms in total. The van der Waals surface area contributed by atoms with E-state index >= 15 is 0 Å². The van der Waals surface area contributed by atoms with Crippen LogP contribution in [0.15, 0.2) is 60.7 Å². The largest absolute Gasteiger partial charge is 0.127 e. The summed E-state index contributed by atoms with van der Waals surface area (Å²) in [5.74, 6) is 0.815. The molecule has 0 spiro atoms. The lowest BCUT2D eigenvalue weighted by Crippen LogP contribution is -2.41. The predicted octanol–water partition coefficient (Wildman–Crippen LogP) is 4.88. The van der Waals surface area contributed by atoms with Crippen molar-refractivity contribution in [1.29, 1.82) is 0 Å². The highest BCUT2D eigenvalue weighted by Gasteiger charge is 2.15. The van der Waals surface area contributed by atoms with Crippen LogP contribution in [0.4, 0.5) is 0 Å². The molecule has 2 aromatic carbocycles. The zero-order valence-electron chi connectivity index (χ0n) is 13.3. The van der Waals surface area contributed by atoms with Crippen molar-refractivity contribution in [2.45, 2.75) is 44.6 Å². The van der Waals surface area contributed by atoms with Crippen LogP contribution in [-0.2, 0) is 0 Å². The van der Waals surface area contributed by atoms with Gasteiger partial charge in [-0.15, -0.1) is 11.6 Å². The van der Waals surface area contributed by atoms with E-state index in [0.717, 1.165) is 5.88 Å². The molecule has 0 saturated carbocycles. The lowest BCUT2D eigenvalue weighted by atomic mass is 10.1. The SMILES string of the molecule is ClCCCCCCCC[Si](c1ccccc1)c1ccccc1. The molecule has 117 valence electrons.